The summed E-state index contributed by atoms with van der Waals surface area (Å²) in [5.74, 6) is 0.436. The van der Waals surface area contributed by atoms with Gasteiger partial charge < -0.3 is 11.1 Å². The molecule has 1 heterocycles. The standard InChI is InChI=1S/C20H28N4O.ClH/c1-14-19(15(2)24(23-14)17-11-7-4-8-12-17)20(25)22-18(13-21)16-9-5-3-6-10-16;/h4,7-8,11-12,16,18H,3,5-6,9-10,13,21H2,1-2H3,(H,22,25);1H. The summed E-state index contributed by atoms with van der Waals surface area (Å²) in [6.45, 7) is 4.32. The van der Waals surface area contributed by atoms with Crippen LogP contribution >= 0.6 is 12.4 Å². The molecule has 1 unspecified atom stereocenters. The molecule has 1 saturated carbocycles. The van der Waals surface area contributed by atoms with Gasteiger partial charge >= 0.3 is 0 Å². The van der Waals surface area contributed by atoms with E-state index in [-0.39, 0.29) is 24.4 Å². The highest BCUT2D eigenvalue weighted by Crippen LogP contribution is 2.26. The van der Waals surface area contributed by atoms with Crippen LogP contribution < -0.4 is 11.1 Å². The lowest BCUT2D eigenvalue weighted by atomic mass is 9.84. The van der Waals surface area contributed by atoms with E-state index < -0.39 is 0 Å². The molecule has 5 nitrogen and oxygen atoms in total. The molecule has 0 spiro atoms. The van der Waals surface area contributed by atoms with Crippen LogP contribution in [0.2, 0.25) is 0 Å². The molecule has 0 radical (unpaired) electrons. The smallest absolute Gasteiger partial charge is 0.255 e. The molecule has 0 bridgehead atoms. The third kappa shape index (κ3) is 4.27. The van der Waals surface area contributed by atoms with Crippen LogP contribution in [-0.2, 0) is 0 Å². The van der Waals surface area contributed by atoms with Gasteiger partial charge in [-0.05, 0) is 44.7 Å². The number of amides is 1. The zero-order valence-electron chi connectivity index (χ0n) is 15.6. The minimum Gasteiger partial charge on any atom is -0.348 e. The van der Waals surface area contributed by atoms with E-state index in [2.05, 4.69) is 10.4 Å². The van der Waals surface area contributed by atoms with E-state index in [1.54, 1.807) is 0 Å². The van der Waals surface area contributed by atoms with Gasteiger partial charge in [0.1, 0.15) is 0 Å². The molecule has 1 aliphatic rings. The first-order valence-corrected chi connectivity index (χ1v) is 9.24. The first-order valence-electron chi connectivity index (χ1n) is 9.24. The Bertz CT molecular complexity index is 723. The first kappa shape index (κ1) is 20.5. The van der Waals surface area contributed by atoms with Crippen LogP contribution in [0.3, 0.4) is 0 Å². The van der Waals surface area contributed by atoms with Gasteiger partial charge in [-0.3, -0.25) is 4.79 Å². The molecule has 6 heteroatoms. The molecule has 2 aromatic rings. The summed E-state index contributed by atoms with van der Waals surface area (Å²) in [5.41, 5.74) is 9.20. The Morgan fingerprint density at radius 2 is 1.88 bits per heavy atom. The summed E-state index contributed by atoms with van der Waals surface area (Å²) >= 11 is 0. The number of hydrogen-bond acceptors (Lipinski definition) is 3. The van der Waals surface area contributed by atoms with Gasteiger partial charge in [0.2, 0.25) is 0 Å². The van der Waals surface area contributed by atoms with Gasteiger partial charge in [0.25, 0.3) is 5.91 Å². The number of nitrogens with two attached hydrogens (primary N) is 1. The summed E-state index contributed by atoms with van der Waals surface area (Å²) in [4.78, 5) is 12.9. The van der Waals surface area contributed by atoms with Crippen molar-refractivity contribution in [2.75, 3.05) is 6.54 Å². The van der Waals surface area contributed by atoms with Crippen LogP contribution in [0.1, 0.15) is 53.8 Å². The number of carbonyl (C=O) groups excluding carboxylic acids is 1. The maximum Gasteiger partial charge on any atom is 0.255 e. The van der Waals surface area contributed by atoms with Crippen LogP contribution in [0.25, 0.3) is 5.69 Å². The van der Waals surface area contributed by atoms with Crippen LogP contribution in [0.5, 0.6) is 0 Å². The van der Waals surface area contributed by atoms with Crippen molar-refractivity contribution in [1.82, 2.24) is 15.1 Å². The number of hydrogen-bond donors (Lipinski definition) is 2. The van der Waals surface area contributed by atoms with Crippen molar-refractivity contribution in [2.24, 2.45) is 11.7 Å². The number of para-hydroxylation sites is 1. The highest BCUT2D eigenvalue weighted by molar-refractivity contribution is 5.96. The Hall–Kier alpha value is -1.85. The second-order valence-corrected chi connectivity index (χ2v) is 7.01. The predicted molar refractivity (Wildman–Crippen MR) is 107 cm³/mol. The minimum atomic E-state index is -0.0572. The zero-order chi connectivity index (χ0) is 17.8. The van der Waals surface area contributed by atoms with Crippen molar-refractivity contribution >= 4 is 18.3 Å². The SMILES string of the molecule is Cc1nn(-c2ccccc2)c(C)c1C(=O)NC(CN)C1CCCCC1.Cl. The Labute approximate surface area is 161 Å². The topological polar surface area (TPSA) is 72.9 Å². The molecule has 0 saturated heterocycles. The average molecular weight is 377 g/mol. The zero-order valence-corrected chi connectivity index (χ0v) is 16.4. The van der Waals surface area contributed by atoms with Gasteiger partial charge in [-0.2, -0.15) is 5.10 Å². The van der Waals surface area contributed by atoms with Gasteiger partial charge in [0, 0.05) is 12.6 Å². The third-order valence-electron chi connectivity index (χ3n) is 5.31. The fraction of sp³-hybridized carbons (Fsp3) is 0.500. The molecule has 0 aliphatic heterocycles. The van der Waals surface area contributed by atoms with Crippen LogP contribution in [-0.4, -0.2) is 28.3 Å². The molecule has 1 aromatic carbocycles. The van der Waals surface area contributed by atoms with Crippen molar-refractivity contribution in [2.45, 2.75) is 52.0 Å². The Morgan fingerprint density at radius 1 is 1.23 bits per heavy atom. The quantitative estimate of drug-likeness (QED) is 0.838. The molecule has 1 aromatic heterocycles. The third-order valence-corrected chi connectivity index (χ3v) is 5.31. The number of nitrogens with zero attached hydrogens (tertiary/aromatic N) is 2. The maximum absolute atomic E-state index is 12.9. The normalized spacial score (nSPS) is 16.0. The van der Waals surface area contributed by atoms with E-state index in [1.807, 2.05) is 48.9 Å². The van der Waals surface area contributed by atoms with E-state index in [4.69, 9.17) is 5.73 Å². The lowest BCUT2D eigenvalue weighted by Crippen LogP contribution is -2.46. The molecule has 142 valence electrons. The molecule has 1 atom stereocenters. The Balaban J connectivity index is 0.00000243. The first-order chi connectivity index (χ1) is 12.1. The van der Waals surface area contributed by atoms with Crippen molar-refractivity contribution in [3.05, 3.63) is 47.3 Å². The number of nitrogens with one attached hydrogen (secondary N) is 1. The van der Waals surface area contributed by atoms with Gasteiger partial charge in [-0.1, -0.05) is 37.5 Å². The molecular weight excluding hydrogens is 348 g/mol. The Morgan fingerprint density at radius 3 is 2.50 bits per heavy atom. The van der Waals surface area contributed by atoms with E-state index in [1.165, 1.54) is 19.3 Å². The fourth-order valence-electron chi connectivity index (χ4n) is 3.94. The minimum absolute atomic E-state index is 0. The molecule has 3 rings (SSSR count). The lowest BCUT2D eigenvalue weighted by molar-refractivity contribution is 0.0914. The molecule has 3 N–H and O–H groups in total. The van der Waals surface area contributed by atoms with Crippen LogP contribution in [0, 0.1) is 19.8 Å². The summed E-state index contributed by atoms with van der Waals surface area (Å²) in [7, 11) is 0. The predicted octanol–water partition coefficient (Wildman–Crippen LogP) is 3.55. The molecular formula is C20H29ClN4O. The van der Waals surface area contributed by atoms with E-state index in [0.29, 0.717) is 18.0 Å². The van der Waals surface area contributed by atoms with Crippen LogP contribution in [0.4, 0.5) is 0 Å². The van der Waals surface area contributed by atoms with Crippen LogP contribution in [0.15, 0.2) is 30.3 Å². The van der Waals surface area contributed by atoms with Crippen molar-refractivity contribution < 1.29 is 4.79 Å². The maximum atomic E-state index is 12.9. The van der Waals surface area contributed by atoms with Gasteiger partial charge in [0.05, 0.1) is 22.6 Å². The monoisotopic (exact) mass is 376 g/mol. The molecule has 26 heavy (non-hydrogen) atoms. The lowest BCUT2D eigenvalue weighted by Gasteiger charge is -2.30. The molecule has 1 amide bonds. The summed E-state index contributed by atoms with van der Waals surface area (Å²) in [5, 5.41) is 7.75. The van der Waals surface area contributed by atoms with E-state index in [9.17, 15) is 4.79 Å². The van der Waals surface area contributed by atoms with E-state index >= 15 is 0 Å². The number of aryl methyl sites for hydroxylation is 1. The van der Waals surface area contributed by atoms with Crippen molar-refractivity contribution in [3.63, 3.8) is 0 Å². The number of carbonyl (C=O) groups is 1. The van der Waals surface area contributed by atoms with Crippen molar-refractivity contribution in [3.8, 4) is 5.69 Å². The molecule has 1 aliphatic carbocycles. The highest BCUT2D eigenvalue weighted by atomic mass is 35.5. The van der Waals surface area contributed by atoms with E-state index in [0.717, 1.165) is 29.9 Å². The fourth-order valence-corrected chi connectivity index (χ4v) is 3.94. The highest BCUT2D eigenvalue weighted by Gasteiger charge is 2.27. The number of aromatic nitrogens is 2. The summed E-state index contributed by atoms with van der Waals surface area (Å²) in [6, 6.07) is 9.95. The Kier molecular flexibility index (Phi) is 7.23. The van der Waals surface area contributed by atoms with Gasteiger partial charge in [0.15, 0.2) is 0 Å². The second kappa shape index (κ2) is 9.19. The second-order valence-electron chi connectivity index (χ2n) is 7.01. The summed E-state index contributed by atoms with van der Waals surface area (Å²) < 4.78 is 1.84. The average Bonchev–Trinajstić information content (AvgIpc) is 2.95. The van der Waals surface area contributed by atoms with Crippen molar-refractivity contribution in [1.29, 1.82) is 0 Å². The number of rotatable bonds is 5. The van der Waals surface area contributed by atoms with Gasteiger partial charge in [-0.25, -0.2) is 4.68 Å². The summed E-state index contributed by atoms with van der Waals surface area (Å²) in [6.07, 6.45) is 6.08. The molecule has 1 fully saturated rings. The number of benzene rings is 1. The number of halogens is 1. The largest absolute Gasteiger partial charge is 0.348 e. The van der Waals surface area contributed by atoms with Gasteiger partial charge in [-0.15, -0.1) is 12.4 Å².